The number of primary amides is 1. The van der Waals surface area contributed by atoms with Crippen molar-refractivity contribution in [1.82, 2.24) is 15.2 Å². The quantitative estimate of drug-likeness (QED) is 0.556. The summed E-state index contributed by atoms with van der Waals surface area (Å²) in [7, 11) is 1.41. The molecule has 0 saturated heterocycles. The standard InChI is InChI=1S/C19H18FN5O3/c1-28-16-7-6-13(20)8-14(16)19(27)23-9-11-2-4-12(5-3-11)17-15(18(21)26)10-25(22)24-17/h2-8,10H,9,22H2,1H3,(H2,21,26)(H,23,27). The topological polar surface area (TPSA) is 125 Å². The average Bonchev–Trinajstić information content (AvgIpc) is 3.08. The van der Waals surface area contributed by atoms with Crippen LogP contribution in [-0.2, 0) is 6.54 Å². The van der Waals surface area contributed by atoms with Gasteiger partial charge >= 0.3 is 0 Å². The maximum absolute atomic E-state index is 13.4. The molecule has 0 atom stereocenters. The number of carbonyl (C=O) groups excluding carboxylic acids is 2. The van der Waals surface area contributed by atoms with Gasteiger partial charge in [-0.15, -0.1) is 0 Å². The number of nitrogens with zero attached hydrogens (tertiary/aromatic N) is 2. The van der Waals surface area contributed by atoms with Crippen molar-refractivity contribution >= 4 is 11.8 Å². The van der Waals surface area contributed by atoms with Crippen molar-refractivity contribution in [3.05, 3.63) is 71.2 Å². The first-order chi connectivity index (χ1) is 13.4. The van der Waals surface area contributed by atoms with E-state index in [0.717, 1.165) is 16.4 Å². The lowest BCUT2D eigenvalue weighted by Gasteiger charge is -2.10. The summed E-state index contributed by atoms with van der Waals surface area (Å²) in [6.07, 6.45) is 1.35. The smallest absolute Gasteiger partial charge is 0.255 e. The van der Waals surface area contributed by atoms with Crippen LogP contribution >= 0.6 is 0 Å². The molecule has 2 amide bonds. The third-order valence-electron chi connectivity index (χ3n) is 4.08. The molecule has 9 heteroatoms. The Hall–Kier alpha value is -3.88. The Morgan fingerprint density at radius 2 is 1.89 bits per heavy atom. The maximum atomic E-state index is 13.4. The highest BCUT2D eigenvalue weighted by molar-refractivity contribution is 5.98. The number of hydrogen-bond donors (Lipinski definition) is 3. The van der Waals surface area contributed by atoms with Gasteiger partial charge in [-0.3, -0.25) is 9.59 Å². The summed E-state index contributed by atoms with van der Waals surface area (Å²) in [4.78, 5) is 24.8. The van der Waals surface area contributed by atoms with Gasteiger partial charge < -0.3 is 21.6 Å². The van der Waals surface area contributed by atoms with E-state index in [1.54, 1.807) is 24.3 Å². The molecule has 28 heavy (non-hydrogen) atoms. The number of benzene rings is 2. The first-order valence-corrected chi connectivity index (χ1v) is 8.24. The normalized spacial score (nSPS) is 10.5. The molecule has 1 heterocycles. The summed E-state index contributed by atoms with van der Waals surface area (Å²) in [5.74, 6) is 4.23. The summed E-state index contributed by atoms with van der Waals surface area (Å²) in [6, 6.07) is 10.7. The van der Waals surface area contributed by atoms with E-state index in [1.165, 1.54) is 25.4 Å². The first-order valence-electron chi connectivity index (χ1n) is 8.24. The van der Waals surface area contributed by atoms with Crippen LogP contribution in [0.1, 0.15) is 26.3 Å². The predicted molar refractivity (Wildman–Crippen MR) is 100 cm³/mol. The van der Waals surface area contributed by atoms with Crippen LogP contribution < -0.4 is 21.6 Å². The van der Waals surface area contributed by atoms with Gasteiger partial charge in [-0.05, 0) is 23.8 Å². The highest BCUT2D eigenvalue weighted by atomic mass is 19.1. The van der Waals surface area contributed by atoms with Crippen LogP contribution in [0.15, 0.2) is 48.7 Å². The largest absolute Gasteiger partial charge is 0.496 e. The number of aromatic nitrogens is 2. The monoisotopic (exact) mass is 383 g/mol. The molecule has 0 fully saturated rings. The number of carbonyl (C=O) groups is 2. The Bertz CT molecular complexity index is 1030. The number of methoxy groups -OCH3 is 1. The fraction of sp³-hybridized carbons (Fsp3) is 0.105. The van der Waals surface area contributed by atoms with Gasteiger partial charge in [0.15, 0.2) is 0 Å². The van der Waals surface area contributed by atoms with Crippen molar-refractivity contribution < 1.29 is 18.7 Å². The molecule has 1 aromatic heterocycles. The number of nitrogens with one attached hydrogen (secondary N) is 1. The van der Waals surface area contributed by atoms with Crippen LogP contribution in [0.3, 0.4) is 0 Å². The van der Waals surface area contributed by atoms with Crippen LogP contribution in [0.2, 0.25) is 0 Å². The summed E-state index contributed by atoms with van der Waals surface area (Å²) in [5, 5.41) is 6.76. The van der Waals surface area contributed by atoms with E-state index in [9.17, 15) is 14.0 Å². The van der Waals surface area contributed by atoms with E-state index in [0.29, 0.717) is 11.3 Å². The van der Waals surface area contributed by atoms with Crippen molar-refractivity contribution in [2.45, 2.75) is 6.54 Å². The molecular formula is C19H18FN5O3. The van der Waals surface area contributed by atoms with Crippen molar-refractivity contribution in [3.63, 3.8) is 0 Å². The van der Waals surface area contributed by atoms with E-state index in [-0.39, 0.29) is 23.4 Å². The fourth-order valence-electron chi connectivity index (χ4n) is 2.70. The second kappa shape index (κ2) is 7.78. The second-order valence-corrected chi connectivity index (χ2v) is 5.96. The van der Waals surface area contributed by atoms with Gasteiger partial charge in [0.2, 0.25) is 0 Å². The van der Waals surface area contributed by atoms with E-state index >= 15 is 0 Å². The minimum absolute atomic E-state index is 0.110. The lowest BCUT2D eigenvalue weighted by atomic mass is 10.1. The van der Waals surface area contributed by atoms with Gasteiger partial charge in [0.05, 0.1) is 24.4 Å². The minimum Gasteiger partial charge on any atom is -0.496 e. The Labute approximate surface area is 159 Å². The molecule has 144 valence electrons. The Morgan fingerprint density at radius 3 is 2.54 bits per heavy atom. The summed E-state index contributed by atoms with van der Waals surface area (Å²) in [6.45, 7) is 0.215. The van der Waals surface area contributed by atoms with E-state index < -0.39 is 17.6 Å². The Balaban J connectivity index is 1.73. The zero-order valence-corrected chi connectivity index (χ0v) is 15.0. The molecule has 2 aromatic carbocycles. The van der Waals surface area contributed by atoms with E-state index in [4.69, 9.17) is 16.3 Å². The van der Waals surface area contributed by atoms with Crippen molar-refractivity contribution in [1.29, 1.82) is 0 Å². The highest BCUT2D eigenvalue weighted by Gasteiger charge is 2.16. The van der Waals surface area contributed by atoms with Gasteiger partial charge in [0.1, 0.15) is 17.3 Å². The van der Waals surface area contributed by atoms with E-state index in [1.807, 2.05) is 0 Å². The molecule has 0 aliphatic rings. The molecule has 0 radical (unpaired) electrons. The van der Waals surface area contributed by atoms with Crippen molar-refractivity contribution in [2.75, 3.05) is 13.0 Å². The zero-order valence-electron chi connectivity index (χ0n) is 15.0. The molecule has 0 aliphatic carbocycles. The number of rotatable bonds is 6. The summed E-state index contributed by atoms with van der Waals surface area (Å²) >= 11 is 0. The number of nitrogens with two attached hydrogens (primary N) is 2. The molecule has 0 spiro atoms. The highest BCUT2D eigenvalue weighted by Crippen LogP contribution is 2.22. The van der Waals surface area contributed by atoms with Gasteiger partial charge in [-0.25, -0.2) is 4.39 Å². The number of halogens is 1. The number of nitrogen functional groups attached to an aromatic ring is 1. The third-order valence-corrected chi connectivity index (χ3v) is 4.08. The molecule has 3 aromatic rings. The van der Waals surface area contributed by atoms with Gasteiger partial charge in [0.25, 0.3) is 11.8 Å². The average molecular weight is 383 g/mol. The molecule has 0 unspecified atom stereocenters. The molecule has 0 saturated carbocycles. The van der Waals surface area contributed by atoms with Crippen LogP contribution in [0.25, 0.3) is 11.3 Å². The van der Waals surface area contributed by atoms with Gasteiger partial charge in [0, 0.05) is 12.1 Å². The van der Waals surface area contributed by atoms with Crippen LogP contribution in [0.4, 0.5) is 4.39 Å². The Kier molecular flexibility index (Phi) is 5.25. The predicted octanol–water partition coefficient (Wildman–Crippen LogP) is 1.44. The third kappa shape index (κ3) is 3.93. The molecule has 5 N–H and O–H groups in total. The zero-order chi connectivity index (χ0) is 20.3. The molecule has 3 rings (SSSR count). The number of hydrogen-bond acceptors (Lipinski definition) is 5. The lowest BCUT2D eigenvalue weighted by Crippen LogP contribution is -2.23. The lowest BCUT2D eigenvalue weighted by molar-refractivity contribution is 0.0946. The van der Waals surface area contributed by atoms with Crippen LogP contribution in [0, 0.1) is 5.82 Å². The molecular weight excluding hydrogens is 365 g/mol. The fourth-order valence-corrected chi connectivity index (χ4v) is 2.70. The summed E-state index contributed by atoms with van der Waals surface area (Å²) in [5.41, 5.74) is 7.47. The van der Waals surface area contributed by atoms with Gasteiger partial charge in [-0.1, -0.05) is 24.3 Å². The van der Waals surface area contributed by atoms with Gasteiger partial charge in [-0.2, -0.15) is 9.89 Å². The second-order valence-electron chi connectivity index (χ2n) is 5.96. The first kappa shape index (κ1) is 18.9. The molecule has 0 aliphatic heterocycles. The van der Waals surface area contributed by atoms with Crippen molar-refractivity contribution in [2.24, 2.45) is 5.73 Å². The SMILES string of the molecule is COc1ccc(F)cc1C(=O)NCc1ccc(-c2nn(N)cc2C(N)=O)cc1. The maximum Gasteiger partial charge on any atom is 0.255 e. The molecule has 0 bridgehead atoms. The van der Waals surface area contributed by atoms with Crippen molar-refractivity contribution in [3.8, 4) is 17.0 Å². The Morgan fingerprint density at radius 1 is 1.18 bits per heavy atom. The van der Waals surface area contributed by atoms with Crippen LogP contribution in [-0.4, -0.2) is 28.8 Å². The number of amides is 2. The molecule has 8 nitrogen and oxygen atoms in total. The van der Waals surface area contributed by atoms with Crippen LogP contribution in [0.5, 0.6) is 5.75 Å². The number of ether oxygens (including phenoxy) is 1. The summed E-state index contributed by atoms with van der Waals surface area (Å²) < 4.78 is 18.5. The van der Waals surface area contributed by atoms with E-state index in [2.05, 4.69) is 10.4 Å². The minimum atomic E-state index is -0.632.